The zero-order valence-electron chi connectivity index (χ0n) is 14.0. The highest BCUT2D eigenvalue weighted by atomic mass is 32.1. The second kappa shape index (κ2) is 6.93. The molecule has 6 heteroatoms. The van der Waals surface area contributed by atoms with E-state index in [2.05, 4.69) is 15.3 Å². The fourth-order valence-corrected chi connectivity index (χ4v) is 3.12. The number of oxazole rings is 1. The number of anilines is 1. The maximum Gasteiger partial charge on any atom is 0.248 e. The maximum absolute atomic E-state index is 12.2. The standard InChI is InChI=1S/C20H15N3O2S/c1-13-16(22-18(24)10-9-15-8-5-11-26-15)12-17-20(21-13)25-19(23-17)14-6-3-2-4-7-14/h2-12H,1H3,(H,22,24). The minimum Gasteiger partial charge on any atom is -0.418 e. The van der Waals surface area contributed by atoms with Crippen molar-refractivity contribution >= 4 is 40.2 Å². The van der Waals surface area contributed by atoms with Gasteiger partial charge in [-0.2, -0.15) is 0 Å². The lowest BCUT2D eigenvalue weighted by Crippen LogP contribution is -2.09. The number of thiophene rings is 1. The molecule has 0 unspecified atom stereocenters. The molecule has 1 N–H and O–H groups in total. The van der Waals surface area contributed by atoms with Crippen molar-refractivity contribution in [2.75, 3.05) is 5.32 Å². The summed E-state index contributed by atoms with van der Waals surface area (Å²) in [5.74, 6) is 0.294. The number of rotatable bonds is 4. The minimum absolute atomic E-state index is 0.213. The van der Waals surface area contributed by atoms with E-state index in [0.717, 1.165) is 10.4 Å². The third-order valence-electron chi connectivity index (χ3n) is 3.80. The molecule has 128 valence electrons. The van der Waals surface area contributed by atoms with Crippen LogP contribution in [0.1, 0.15) is 10.6 Å². The van der Waals surface area contributed by atoms with Gasteiger partial charge in [-0.25, -0.2) is 9.97 Å². The van der Waals surface area contributed by atoms with Crippen LogP contribution in [0.3, 0.4) is 0 Å². The number of nitrogens with one attached hydrogen (secondary N) is 1. The van der Waals surface area contributed by atoms with Crippen LogP contribution in [0.15, 0.2) is 64.4 Å². The SMILES string of the molecule is Cc1nc2oc(-c3ccccc3)nc2cc1NC(=O)C=Cc1cccs1. The van der Waals surface area contributed by atoms with Gasteiger partial charge < -0.3 is 9.73 Å². The lowest BCUT2D eigenvalue weighted by atomic mass is 10.2. The Hall–Kier alpha value is -3.25. The van der Waals surface area contributed by atoms with Crippen molar-refractivity contribution in [2.45, 2.75) is 6.92 Å². The van der Waals surface area contributed by atoms with E-state index in [9.17, 15) is 4.79 Å². The fourth-order valence-electron chi connectivity index (χ4n) is 2.50. The Morgan fingerprint density at radius 2 is 2.00 bits per heavy atom. The van der Waals surface area contributed by atoms with Gasteiger partial charge in [0.05, 0.1) is 11.4 Å². The molecule has 0 spiro atoms. The highest BCUT2D eigenvalue weighted by Crippen LogP contribution is 2.26. The highest BCUT2D eigenvalue weighted by Gasteiger charge is 2.12. The number of nitrogens with zero attached hydrogens (tertiary/aromatic N) is 2. The lowest BCUT2D eigenvalue weighted by molar-refractivity contribution is -0.111. The predicted octanol–water partition coefficient (Wildman–Crippen LogP) is 4.91. The molecule has 0 radical (unpaired) electrons. The van der Waals surface area contributed by atoms with Crippen LogP contribution in [0.5, 0.6) is 0 Å². The number of fused-ring (bicyclic) bond motifs is 1. The van der Waals surface area contributed by atoms with Gasteiger partial charge >= 0.3 is 0 Å². The number of benzene rings is 1. The summed E-state index contributed by atoms with van der Waals surface area (Å²) >= 11 is 1.58. The van der Waals surface area contributed by atoms with Crippen molar-refractivity contribution in [3.63, 3.8) is 0 Å². The van der Waals surface area contributed by atoms with Crippen molar-refractivity contribution in [1.82, 2.24) is 9.97 Å². The molecule has 0 aliphatic carbocycles. The number of carbonyl (C=O) groups is 1. The molecule has 0 fully saturated rings. The summed E-state index contributed by atoms with van der Waals surface area (Å²) in [6.45, 7) is 1.82. The van der Waals surface area contributed by atoms with E-state index in [1.165, 1.54) is 6.08 Å². The second-order valence-electron chi connectivity index (χ2n) is 5.67. The first-order chi connectivity index (χ1) is 12.7. The van der Waals surface area contributed by atoms with Crippen LogP contribution in [-0.2, 0) is 4.79 Å². The number of pyridine rings is 1. The number of carbonyl (C=O) groups excluding carboxylic acids is 1. The van der Waals surface area contributed by atoms with Gasteiger partial charge in [0.2, 0.25) is 17.5 Å². The van der Waals surface area contributed by atoms with Gasteiger partial charge in [0.15, 0.2) is 0 Å². The zero-order chi connectivity index (χ0) is 17.9. The molecular weight excluding hydrogens is 346 g/mol. The Morgan fingerprint density at radius 3 is 2.77 bits per heavy atom. The number of hydrogen-bond acceptors (Lipinski definition) is 5. The van der Waals surface area contributed by atoms with Crippen LogP contribution in [0.2, 0.25) is 0 Å². The molecule has 0 bridgehead atoms. The maximum atomic E-state index is 12.2. The Labute approximate surface area is 154 Å². The lowest BCUT2D eigenvalue weighted by Gasteiger charge is -2.04. The van der Waals surface area contributed by atoms with E-state index in [0.29, 0.717) is 28.5 Å². The van der Waals surface area contributed by atoms with Gasteiger partial charge in [0.1, 0.15) is 5.52 Å². The van der Waals surface area contributed by atoms with E-state index in [-0.39, 0.29) is 5.91 Å². The molecule has 0 saturated heterocycles. The van der Waals surface area contributed by atoms with Gasteiger partial charge in [-0.15, -0.1) is 11.3 Å². The number of hydrogen-bond donors (Lipinski definition) is 1. The predicted molar refractivity (Wildman–Crippen MR) is 104 cm³/mol. The first-order valence-electron chi connectivity index (χ1n) is 8.05. The fraction of sp³-hybridized carbons (Fsp3) is 0.0500. The van der Waals surface area contributed by atoms with Crippen LogP contribution in [0.4, 0.5) is 5.69 Å². The number of aryl methyl sites for hydroxylation is 1. The number of aromatic nitrogens is 2. The van der Waals surface area contributed by atoms with Crippen LogP contribution in [-0.4, -0.2) is 15.9 Å². The van der Waals surface area contributed by atoms with Crippen molar-refractivity contribution in [1.29, 1.82) is 0 Å². The molecule has 1 amide bonds. The molecule has 0 aliphatic rings. The summed E-state index contributed by atoms with van der Waals surface area (Å²) in [6.07, 6.45) is 3.29. The van der Waals surface area contributed by atoms with Crippen LogP contribution in [0.25, 0.3) is 28.8 Å². The molecule has 4 rings (SSSR count). The molecule has 1 aromatic carbocycles. The summed E-state index contributed by atoms with van der Waals surface area (Å²) in [4.78, 5) is 22.1. The topological polar surface area (TPSA) is 68.0 Å². The van der Waals surface area contributed by atoms with Crippen LogP contribution >= 0.6 is 11.3 Å². The third kappa shape index (κ3) is 3.41. The smallest absolute Gasteiger partial charge is 0.248 e. The Bertz CT molecular complexity index is 1080. The molecule has 0 saturated carbocycles. The van der Waals surface area contributed by atoms with E-state index < -0.39 is 0 Å². The van der Waals surface area contributed by atoms with Gasteiger partial charge in [-0.05, 0) is 42.6 Å². The molecule has 0 aliphatic heterocycles. The van der Waals surface area contributed by atoms with E-state index in [1.807, 2.05) is 54.8 Å². The summed E-state index contributed by atoms with van der Waals surface area (Å²) < 4.78 is 5.74. The highest BCUT2D eigenvalue weighted by molar-refractivity contribution is 7.10. The summed E-state index contributed by atoms with van der Waals surface area (Å²) in [6, 6.07) is 15.3. The third-order valence-corrected chi connectivity index (χ3v) is 4.63. The van der Waals surface area contributed by atoms with Crippen molar-refractivity contribution < 1.29 is 9.21 Å². The van der Waals surface area contributed by atoms with Gasteiger partial charge in [-0.1, -0.05) is 24.3 Å². The largest absolute Gasteiger partial charge is 0.418 e. The van der Waals surface area contributed by atoms with Crippen molar-refractivity contribution in [3.05, 3.63) is 70.6 Å². The van der Waals surface area contributed by atoms with E-state index >= 15 is 0 Å². The average Bonchev–Trinajstić information content (AvgIpc) is 3.30. The van der Waals surface area contributed by atoms with E-state index in [1.54, 1.807) is 23.5 Å². The van der Waals surface area contributed by atoms with E-state index in [4.69, 9.17) is 4.42 Å². The molecular formula is C20H15N3O2S. The first kappa shape index (κ1) is 16.2. The summed E-state index contributed by atoms with van der Waals surface area (Å²) in [7, 11) is 0. The van der Waals surface area contributed by atoms with Gasteiger partial charge in [0, 0.05) is 16.5 Å². The monoisotopic (exact) mass is 361 g/mol. The normalized spacial score (nSPS) is 11.3. The van der Waals surface area contributed by atoms with Crippen LogP contribution in [0, 0.1) is 6.92 Å². The van der Waals surface area contributed by atoms with Gasteiger partial charge in [0.25, 0.3) is 0 Å². The Kier molecular flexibility index (Phi) is 4.33. The quantitative estimate of drug-likeness (QED) is 0.524. The minimum atomic E-state index is -0.213. The van der Waals surface area contributed by atoms with Crippen LogP contribution < -0.4 is 5.32 Å². The molecule has 26 heavy (non-hydrogen) atoms. The Morgan fingerprint density at radius 1 is 1.15 bits per heavy atom. The summed E-state index contributed by atoms with van der Waals surface area (Å²) in [5, 5.41) is 4.82. The average molecular weight is 361 g/mol. The van der Waals surface area contributed by atoms with Crippen molar-refractivity contribution in [2.24, 2.45) is 0 Å². The molecule has 4 aromatic rings. The summed E-state index contributed by atoms with van der Waals surface area (Å²) in [5.41, 5.74) is 3.23. The second-order valence-corrected chi connectivity index (χ2v) is 6.65. The first-order valence-corrected chi connectivity index (χ1v) is 8.93. The van der Waals surface area contributed by atoms with Gasteiger partial charge in [-0.3, -0.25) is 4.79 Å². The number of amides is 1. The van der Waals surface area contributed by atoms with Crippen molar-refractivity contribution in [3.8, 4) is 11.5 Å². The molecule has 3 heterocycles. The molecule has 0 atom stereocenters. The zero-order valence-corrected chi connectivity index (χ0v) is 14.8. The molecule has 5 nitrogen and oxygen atoms in total. The molecule has 3 aromatic heterocycles. The Balaban J connectivity index is 1.59.